The molecule has 0 saturated carbocycles. The number of aliphatic hydroxyl groups excluding tert-OH is 2. The van der Waals surface area contributed by atoms with Crippen LogP contribution in [0, 0.1) is 0 Å². The van der Waals surface area contributed by atoms with Gasteiger partial charge in [0, 0.05) is 25.5 Å². The van der Waals surface area contributed by atoms with Gasteiger partial charge in [-0.2, -0.15) is 0 Å². The van der Waals surface area contributed by atoms with Crippen LogP contribution in [-0.2, 0) is 0 Å². The molecule has 0 saturated heterocycles. The van der Waals surface area contributed by atoms with Crippen LogP contribution in [0.5, 0.6) is 0 Å². The molecular weight excluding hydrogens is 196 g/mol. The van der Waals surface area contributed by atoms with Gasteiger partial charge in [-0.25, -0.2) is 0 Å². The van der Waals surface area contributed by atoms with Gasteiger partial charge in [0.15, 0.2) is 0 Å². The van der Waals surface area contributed by atoms with Gasteiger partial charge in [-0.1, -0.05) is 0 Å². The molecule has 15 heavy (non-hydrogen) atoms. The number of pyridine rings is 1. The second-order valence-electron chi connectivity index (χ2n) is 2.98. The van der Waals surface area contributed by atoms with Crippen molar-refractivity contribution in [3.8, 4) is 0 Å². The van der Waals surface area contributed by atoms with Gasteiger partial charge in [0.1, 0.15) is 0 Å². The zero-order chi connectivity index (χ0) is 11.1. The number of hydrogen-bond donors (Lipinski definition) is 2. The van der Waals surface area contributed by atoms with Crippen molar-refractivity contribution >= 4 is 5.91 Å². The number of rotatable bonds is 5. The van der Waals surface area contributed by atoms with Gasteiger partial charge in [0.25, 0.3) is 5.91 Å². The molecule has 5 heteroatoms. The number of aliphatic hydroxyl groups is 2. The molecule has 0 aliphatic rings. The van der Waals surface area contributed by atoms with Crippen LogP contribution < -0.4 is 0 Å². The number of amides is 1. The third kappa shape index (κ3) is 3.30. The minimum absolute atomic E-state index is 0.119. The zero-order valence-corrected chi connectivity index (χ0v) is 8.33. The molecule has 0 aliphatic carbocycles. The molecule has 1 heterocycles. The lowest BCUT2D eigenvalue weighted by Gasteiger charge is -2.20. The van der Waals surface area contributed by atoms with Crippen molar-refractivity contribution < 1.29 is 15.0 Å². The summed E-state index contributed by atoms with van der Waals surface area (Å²) in [6.07, 6.45) is 3.04. The molecular formula is C10H14N2O3. The first-order chi connectivity index (χ1) is 7.29. The van der Waals surface area contributed by atoms with Crippen molar-refractivity contribution in [3.63, 3.8) is 0 Å². The summed E-state index contributed by atoms with van der Waals surface area (Å²) in [6.45, 7) is 0.195. The molecule has 0 unspecified atom stereocenters. The van der Waals surface area contributed by atoms with E-state index in [2.05, 4.69) is 4.98 Å². The number of aromatic nitrogens is 1. The van der Waals surface area contributed by atoms with Crippen molar-refractivity contribution in [3.05, 3.63) is 30.1 Å². The molecule has 82 valence electrons. The van der Waals surface area contributed by atoms with E-state index >= 15 is 0 Å². The predicted molar refractivity (Wildman–Crippen MR) is 54.3 cm³/mol. The fourth-order valence-corrected chi connectivity index (χ4v) is 1.23. The Bertz CT molecular complexity index is 297. The maximum Gasteiger partial charge on any atom is 0.255 e. The van der Waals surface area contributed by atoms with E-state index in [9.17, 15) is 4.79 Å². The van der Waals surface area contributed by atoms with Crippen LogP contribution in [0.3, 0.4) is 0 Å². The summed E-state index contributed by atoms with van der Waals surface area (Å²) in [4.78, 5) is 17.0. The molecule has 0 spiro atoms. The Morgan fingerprint density at radius 1 is 1.33 bits per heavy atom. The van der Waals surface area contributed by atoms with Crippen molar-refractivity contribution in [2.45, 2.75) is 0 Å². The van der Waals surface area contributed by atoms with Crippen LogP contribution in [0.1, 0.15) is 10.4 Å². The van der Waals surface area contributed by atoms with Crippen molar-refractivity contribution in [1.82, 2.24) is 9.88 Å². The fraction of sp³-hybridized carbons (Fsp3) is 0.400. The Morgan fingerprint density at radius 2 is 2.00 bits per heavy atom. The summed E-state index contributed by atoms with van der Waals surface area (Å²) >= 11 is 0. The number of hydrogen-bond acceptors (Lipinski definition) is 4. The Hall–Kier alpha value is -1.46. The van der Waals surface area contributed by atoms with E-state index < -0.39 is 0 Å². The lowest BCUT2D eigenvalue weighted by atomic mass is 10.2. The van der Waals surface area contributed by atoms with Gasteiger partial charge >= 0.3 is 0 Å². The molecule has 0 aliphatic heterocycles. The highest BCUT2D eigenvalue weighted by molar-refractivity contribution is 5.93. The average Bonchev–Trinajstić information content (AvgIpc) is 2.29. The molecule has 0 fully saturated rings. The minimum atomic E-state index is -0.230. The molecule has 0 radical (unpaired) electrons. The summed E-state index contributed by atoms with van der Waals surface area (Å²) < 4.78 is 0. The van der Waals surface area contributed by atoms with Gasteiger partial charge in [0.05, 0.1) is 18.8 Å². The highest BCUT2D eigenvalue weighted by Gasteiger charge is 2.14. The van der Waals surface area contributed by atoms with E-state index in [0.717, 1.165) is 0 Å². The van der Waals surface area contributed by atoms with Gasteiger partial charge in [-0.3, -0.25) is 9.78 Å². The maximum atomic E-state index is 11.8. The molecule has 1 aromatic heterocycles. The molecule has 2 N–H and O–H groups in total. The molecule has 0 atom stereocenters. The largest absolute Gasteiger partial charge is 0.395 e. The second-order valence-corrected chi connectivity index (χ2v) is 2.98. The van der Waals surface area contributed by atoms with E-state index in [0.29, 0.717) is 5.56 Å². The highest BCUT2D eigenvalue weighted by atomic mass is 16.3. The first kappa shape index (κ1) is 11.6. The predicted octanol–water partition coefficient (Wildman–Crippen LogP) is -0.492. The molecule has 0 bridgehead atoms. The van der Waals surface area contributed by atoms with Crippen molar-refractivity contribution in [2.75, 3.05) is 26.3 Å². The SMILES string of the molecule is O=C(c1cccnc1)N(CCO)CCO. The topological polar surface area (TPSA) is 73.7 Å². The third-order valence-electron chi connectivity index (χ3n) is 1.94. The Kier molecular flexibility index (Phi) is 4.73. The highest BCUT2D eigenvalue weighted by Crippen LogP contribution is 2.02. The van der Waals surface area contributed by atoms with Crippen LogP contribution in [0.25, 0.3) is 0 Å². The summed E-state index contributed by atoms with van der Waals surface area (Å²) in [7, 11) is 0. The second kappa shape index (κ2) is 6.10. The molecule has 1 rings (SSSR count). The monoisotopic (exact) mass is 210 g/mol. The van der Waals surface area contributed by atoms with E-state index in [1.807, 2.05) is 0 Å². The molecule has 5 nitrogen and oxygen atoms in total. The van der Waals surface area contributed by atoms with Gasteiger partial charge in [-0.05, 0) is 12.1 Å². The summed E-state index contributed by atoms with van der Waals surface area (Å²) in [5, 5.41) is 17.5. The fourth-order valence-electron chi connectivity index (χ4n) is 1.23. The van der Waals surface area contributed by atoms with Crippen molar-refractivity contribution in [2.24, 2.45) is 0 Å². The molecule has 0 aromatic carbocycles. The standard InChI is InChI=1S/C10H14N2O3/c13-6-4-12(5-7-14)10(15)9-2-1-3-11-8-9/h1-3,8,13-14H,4-7H2. The smallest absolute Gasteiger partial charge is 0.255 e. The van der Waals surface area contributed by atoms with E-state index in [-0.39, 0.29) is 32.2 Å². The average molecular weight is 210 g/mol. The molecule has 1 amide bonds. The third-order valence-corrected chi connectivity index (χ3v) is 1.94. The van der Waals surface area contributed by atoms with Crippen LogP contribution in [0.4, 0.5) is 0 Å². The maximum absolute atomic E-state index is 11.8. The van der Waals surface area contributed by atoms with Crippen LogP contribution in [0.15, 0.2) is 24.5 Å². The normalized spacial score (nSPS) is 10.0. The lowest BCUT2D eigenvalue weighted by molar-refractivity contribution is 0.0684. The van der Waals surface area contributed by atoms with Gasteiger partial charge < -0.3 is 15.1 Å². The number of carbonyl (C=O) groups is 1. The zero-order valence-electron chi connectivity index (χ0n) is 8.33. The van der Waals surface area contributed by atoms with Crippen LogP contribution in [-0.4, -0.2) is 52.3 Å². The summed E-state index contributed by atoms with van der Waals surface area (Å²) in [5.41, 5.74) is 0.458. The first-order valence-corrected chi connectivity index (χ1v) is 4.70. The lowest BCUT2D eigenvalue weighted by Crippen LogP contribution is -2.35. The first-order valence-electron chi connectivity index (χ1n) is 4.70. The van der Waals surface area contributed by atoms with Gasteiger partial charge in [-0.15, -0.1) is 0 Å². The van der Waals surface area contributed by atoms with Crippen molar-refractivity contribution in [1.29, 1.82) is 0 Å². The summed E-state index contributed by atoms with van der Waals surface area (Å²) in [6, 6.07) is 3.32. The summed E-state index contributed by atoms with van der Waals surface area (Å²) in [5.74, 6) is -0.230. The van der Waals surface area contributed by atoms with Gasteiger partial charge in [0.2, 0.25) is 0 Å². The minimum Gasteiger partial charge on any atom is -0.395 e. The Labute approximate surface area is 88.0 Å². The van der Waals surface area contributed by atoms with E-state index in [1.165, 1.54) is 11.1 Å². The van der Waals surface area contributed by atoms with Crippen LogP contribution >= 0.6 is 0 Å². The number of carbonyl (C=O) groups excluding carboxylic acids is 1. The quantitative estimate of drug-likeness (QED) is 0.687. The molecule has 1 aromatic rings. The van der Waals surface area contributed by atoms with E-state index in [1.54, 1.807) is 18.3 Å². The Morgan fingerprint density at radius 3 is 2.47 bits per heavy atom. The Balaban J connectivity index is 2.71. The van der Waals surface area contributed by atoms with Crippen LogP contribution in [0.2, 0.25) is 0 Å². The number of nitrogens with zero attached hydrogens (tertiary/aromatic N) is 2. The van der Waals surface area contributed by atoms with E-state index in [4.69, 9.17) is 10.2 Å².